The van der Waals surface area contributed by atoms with Crippen molar-refractivity contribution in [3.8, 4) is 5.75 Å². The van der Waals surface area contributed by atoms with Gasteiger partial charge in [0.25, 0.3) is 11.8 Å². The van der Waals surface area contributed by atoms with Crippen molar-refractivity contribution >= 4 is 29.8 Å². The molecule has 1 heterocycles. The number of imide groups is 1. The van der Waals surface area contributed by atoms with Crippen LogP contribution in [0.2, 0.25) is 0 Å². The number of nitrogens with zero attached hydrogens (tertiary/aromatic N) is 1. The molecule has 28 heavy (non-hydrogen) atoms. The summed E-state index contributed by atoms with van der Waals surface area (Å²) in [6.45, 7) is 3.03. The topological polar surface area (TPSA) is 110 Å². The maximum absolute atomic E-state index is 12.0. The highest BCUT2D eigenvalue weighted by Gasteiger charge is 2.32. The number of carbonyl (C=O) groups excluding carboxylic acids is 5. The third kappa shape index (κ3) is 5.35. The summed E-state index contributed by atoms with van der Waals surface area (Å²) in [7, 11) is 0. The van der Waals surface area contributed by atoms with Crippen molar-refractivity contribution in [2.75, 3.05) is 13.2 Å². The third-order valence-electron chi connectivity index (χ3n) is 4.28. The number of hydrogen-bond acceptors (Lipinski definition) is 6. The SMILES string of the molecule is CC(=O)CCC(=O)NCC(COc1cccc(C)c1C=O)N1C(=O)C=CC1=O. The Kier molecular flexibility index (Phi) is 7.20. The van der Waals surface area contributed by atoms with Crippen molar-refractivity contribution in [3.63, 3.8) is 0 Å². The highest BCUT2D eigenvalue weighted by Crippen LogP contribution is 2.21. The van der Waals surface area contributed by atoms with Crippen molar-refractivity contribution in [2.24, 2.45) is 0 Å². The van der Waals surface area contributed by atoms with Gasteiger partial charge in [-0.25, -0.2) is 0 Å². The van der Waals surface area contributed by atoms with Gasteiger partial charge < -0.3 is 14.8 Å². The summed E-state index contributed by atoms with van der Waals surface area (Å²) >= 11 is 0. The molecular formula is C20H22N2O6. The average Bonchev–Trinajstić information content (AvgIpc) is 2.98. The molecule has 0 saturated heterocycles. The second kappa shape index (κ2) is 9.59. The van der Waals surface area contributed by atoms with Gasteiger partial charge in [0.15, 0.2) is 6.29 Å². The predicted octanol–water partition coefficient (Wildman–Crippen LogP) is 0.965. The lowest BCUT2D eigenvalue weighted by Gasteiger charge is -2.26. The number of carbonyl (C=O) groups is 5. The minimum atomic E-state index is -0.767. The predicted molar refractivity (Wildman–Crippen MR) is 99.8 cm³/mol. The molecule has 1 atom stereocenters. The highest BCUT2D eigenvalue weighted by atomic mass is 16.5. The lowest BCUT2D eigenvalue weighted by molar-refractivity contribution is -0.140. The molecule has 0 spiro atoms. The van der Waals surface area contributed by atoms with E-state index in [1.165, 1.54) is 6.92 Å². The monoisotopic (exact) mass is 386 g/mol. The van der Waals surface area contributed by atoms with Crippen LogP contribution in [0.15, 0.2) is 30.4 Å². The summed E-state index contributed by atoms with van der Waals surface area (Å²) in [6, 6.07) is 4.34. The van der Waals surface area contributed by atoms with E-state index >= 15 is 0 Å². The van der Waals surface area contributed by atoms with Crippen molar-refractivity contribution in [3.05, 3.63) is 41.5 Å². The first-order chi connectivity index (χ1) is 13.3. The molecule has 2 rings (SSSR count). The van der Waals surface area contributed by atoms with E-state index in [1.807, 2.05) is 0 Å². The van der Waals surface area contributed by atoms with Gasteiger partial charge in [0.1, 0.15) is 18.1 Å². The van der Waals surface area contributed by atoms with Crippen molar-refractivity contribution < 1.29 is 28.7 Å². The molecule has 0 radical (unpaired) electrons. The molecule has 1 N–H and O–H groups in total. The zero-order valence-electron chi connectivity index (χ0n) is 15.8. The summed E-state index contributed by atoms with van der Waals surface area (Å²) in [5.74, 6) is -1.15. The number of Topliss-reactive ketones (excluding diaryl/α,β-unsaturated/α-hetero) is 1. The number of rotatable bonds is 10. The molecular weight excluding hydrogens is 364 g/mol. The smallest absolute Gasteiger partial charge is 0.254 e. The van der Waals surface area contributed by atoms with E-state index in [-0.39, 0.29) is 37.7 Å². The van der Waals surface area contributed by atoms with Crippen LogP contribution in [-0.2, 0) is 19.2 Å². The number of benzene rings is 1. The Morgan fingerprint density at radius 1 is 1.18 bits per heavy atom. The van der Waals surface area contributed by atoms with Gasteiger partial charge >= 0.3 is 0 Å². The molecule has 0 saturated carbocycles. The Bertz CT molecular complexity index is 812. The van der Waals surface area contributed by atoms with E-state index in [9.17, 15) is 24.0 Å². The van der Waals surface area contributed by atoms with Crippen LogP contribution in [0.1, 0.15) is 35.7 Å². The minimum absolute atomic E-state index is 0.0240. The van der Waals surface area contributed by atoms with Crippen LogP contribution in [0.5, 0.6) is 5.75 Å². The summed E-state index contributed by atoms with van der Waals surface area (Å²) in [4.78, 5) is 59.2. The maximum Gasteiger partial charge on any atom is 0.254 e. The number of hydrogen-bond donors (Lipinski definition) is 1. The Morgan fingerprint density at radius 2 is 1.86 bits per heavy atom. The molecule has 0 bridgehead atoms. The van der Waals surface area contributed by atoms with Gasteiger partial charge in [0.05, 0.1) is 11.6 Å². The van der Waals surface area contributed by atoms with Crippen LogP contribution in [0.4, 0.5) is 0 Å². The Morgan fingerprint density at radius 3 is 2.46 bits per heavy atom. The third-order valence-corrected chi connectivity index (χ3v) is 4.28. The molecule has 0 fully saturated rings. The van der Waals surface area contributed by atoms with E-state index in [1.54, 1.807) is 25.1 Å². The highest BCUT2D eigenvalue weighted by molar-refractivity contribution is 6.13. The molecule has 1 aromatic carbocycles. The Labute approximate surface area is 162 Å². The van der Waals surface area contributed by atoms with Gasteiger partial charge in [-0.05, 0) is 25.5 Å². The van der Waals surface area contributed by atoms with E-state index in [0.717, 1.165) is 22.6 Å². The van der Waals surface area contributed by atoms with Gasteiger partial charge in [0, 0.05) is 31.5 Å². The first-order valence-corrected chi connectivity index (χ1v) is 8.82. The lowest BCUT2D eigenvalue weighted by atomic mass is 10.1. The molecule has 1 aromatic rings. The van der Waals surface area contributed by atoms with Gasteiger partial charge in [0.2, 0.25) is 5.91 Å². The maximum atomic E-state index is 12.0. The zero-order chi connectivity index (χ0) is 20.7. The zero-order valence-corrected chi connectivity index (χ0v) is 15.8. The fourth-order valence-electron chi connectivity index (χ4n) is 2.72. The number of aldehydes is 1. The molecule has 148 valence electrons. The summed E-state index contributed by atoms with van der Waals surface area (Å²) in [6.07, 6.45) is 3.11. The molecule has 1 unspecified atom stereocenters. The van der Waals surface area contributed by atoms with Gasteiger partial charge in [-0.1, -0.05) is 12.1 Å². The Balaban J connectivity index is 2.09. The van der Waals surface area contributed by atoms with Crippen molar-refractivity contribution in [1.82, 2.24) is 10.2 Å². The van der Waals surface area contributed by atoms with Crippen LogP contribution in [0.3, 0.4) is 0 Å². The fourth-order valence-corrected chi connectivity index (χ4v) is 2.72. The molecule has 8 nitrogen and oxygen atoms in total. The standard InChI is InChI=1S/C20H22N2O6/c1-13-4-3-5-17(16(13)11-23)28-12-15(22-19(26)8-9-20(22)27)10-21-18(25)7-6-14(2)24/h3-5,8-9,11,15H,6-7,10,12H2,1-2H3,(H,21,25). The van der Waals surface area contributed by atoms with Crippen LogP contribution < -0.4 is 10.1 Å². The number of aryl methyl sites for hydroxylation is 1. The molecule has 3 amide bonds. The van der Waals surface area contributed by atoms with E-state index < -0.39 is 17.9 Å². The number of ketones is 1. The van der Waals surface area contributed by atoms with Crippen molar-refractivity contribution in [2.45, 2.75) is 32.7 Å². The van der Waals surface area contributed by atoms with Crippen LogP contribution in [0, 0.1) is 6.92 Å². The number of nitrogens with one attached hydrogen (secondary N) is 1. The first-order valence-electron chi connectivity index (χ1n) is 8.82. The quantitative estimate of drug-likeness (QED) is 0.474. The van der Waals surface area contributed by atoms with E-state index in [0.29, 0.717) is 17.6 Å². The minimum Gasteiger partial charge on any atom is -0.491 e. The largest absolute Gasteiger partial charge is 0.491 e. The van der Waals surface area contributed by atoms with Crippen LogP contribution in [0.25, 0.3) is 0 Å². The molecule has 0 aliphatic carbocycles. The summed E-state index contributed by atoms with van der Waals surface area (Å²) in [5.41, 5.74) is 1.11. The normalized spacial score (nSPS) is 14.1. The molecule has 8 heteroatoms. The molecule has 1 aliphatic rings. The number of amides is 3. The summed E-state index contributed by atoms with van der Waals surface area (Å²) < 4.78 is 5.70. The second-order valence-corrected chi connectivity index (χ2v) is 6.46. The van der Waals surface area contributed by atoms with Crippen molar-refractivity contribution in [1.29, 1.82) is 0 Å². The lowest BCUT2D eigenvalue weighted by Crippen LogP contribution is -2.50. The Hall–Kier alpha value is -3.29. The van der Waals surface area contributed by atoms with E-state index in [4.69, 9.17) is 4.74 Å². The molecule has 1 aliphatic heterocycles. The first kappa shape index (κ1) is 21.0. The van der Waals surface area contributed by atoms with Gasteiger partial charge in [-0.2, -0.15) is 0 Å². The average molecular weight is 386 g/mol. The van der Waals surface area contributed by atoms with Crippen LogP contribution >= 0.6 is 0 Å². The number of ether oxygens (including phenoxy) is 1. The van der Waals surface area contributed by atoms with Gasteiger partial charge in [-0.3, -0.25) is 24.1 Å². The van der Waals surface area contributed by atoms with E-state index in [2.05, 4.69) is 5.32 Å². The molecule has 0 aromatic heterocycles. The second-order valence-electron chi connectivity index (χ2n) is 6.46. The fraction of sp³-hybridized carbons (Fsp3) is 0.350. The summed E-state index contributed by atoms with van der Waals surface area (Å²) in [5, 5.41) is 2.62. The van der Waals surface area contributed by atoms with Gasteiger partial charge in [-0.15, -0.1) is 0 Å². The van der Waals surface area contributed by atoms with Crippen LogP contribution in [-0.4, -0.2) is 53.9 Å².